The summed E-state index contributed by atoms with van der Waals surface area (Å²) in [6.07, 6.45) is 3.91. The van der Waals surface area contributed by atoms with Gasteiger partial charge >= 0.3 is 12.1 Å². The Hall–Kier alpha value is -2.13. The van der Waals surface area contributed by atoms with Crippen molar-refractivity contribution in [3.05, 3.63) is 11.3 Å². The SMILES string of the molecule is CN1CCC[C@H]1COc1nc2c(c(N3CCN(C(=O)OC(C)(C)C)CC3)n1)CCNCC2. The number of nitrogens with one attached hydrogen (secondary N) is 1. The maximum atomic E-state index is 12.5. The molecule has 0 radical (unpaired) electrons. The fourth-order valence-electron chi connectivity index (χ4n) is 4.62. The van der Waals surface area contributed by atoms with E-state index in [0.29, 0.717) is 31.7 Å². The molecule has 0 unspecified atom stereocenters. The van der Waals surface area contributed by atoms with E-state index in [1.54, 1.807) is 4.90 Å². The zero-order valence-electron chi connectivity index (χ0n) is 20.0. The summed E-state index contributed by atoms with van der Waals surface area (Å²) in [4.78, 5) is 28.5. The average molecular weight is 447 g/mol. The number of hydrogen-bond acceptors (Lipinski definition) is 8. The maximum absolute atomic E-state index is 12.5. The van der Waals surface area contributed by atoms with Crippen molar-refractivity contribution in [3.8, 4) is 6.01 Å². The molecule has 4 heterocycles. The fraction of sp³-hybridized carbons (Fsp3) is 0.783. The summed E-state index contributed by atoms with van der Waals surface area (Å²) < 4.78 is 11.7. The lowest BCUT2D eigenvalue weighted by molar-refractivity contribution is 0.0240. The second-order valence-electron chi connectivity index (χ2n) is 10.0. The van der Waals surface area contributed by atoms with Gasteiger partial charge in [-0.25, -0.2) is 4.79 Å². The van der Waals surface area contributed by atoms with Crippen molar-refractivity contribution < 1.29 is 14.3 Å². The molecule has 1 amide bonds. The number of fused-ring (bicyclic) bond motifs is 1. The lowest BCUT2D eigenvalue weighted by Gasteiger charge is -2.37. The average Bonchev–Trinajstić information content (AvgIpc) is 3.01. The lowest BCUT2D eigenvalue weighted by atomic mass is 10.1. The number of amides is 1. The Kier molecular flexibility index (Phi) is 7.05. The number of rotatable bonds is 4. The monoisotopic (exact) mass is 446 g/mol. The van der Waals surface area contributed by atoms with Gasteiger partial charge in [-0.1, -0.05) is 0 Å². The highest BCUT2D eigenvalue weighted by atomic mass is 16.6. The summed E-state index contributed by atoms with van der Waals surface area (Å²) >= 11 is 0. The third kappa shape index (κ3) is 5.61. The van der Waals surface area contributed by atoms with E-state index in [2.05, 4.69) is 22.2 Å². The van der Waals surface area contributed by atoms with Gasteiger partial charge in [0.25, 0.3) is 0 Å². The summed E-state index contributed by atoms with van der Waals surface area (Å²) in [5, 5.41) is 3.47. The molecule has 1 N–H and O–H groups in total. The van der Waals surface area contributed by atoms with Crippen molar-refractivity contribution >= 4 is 11.9 Å². The van der Waals surface area contributed by atoms with Gasteiger partial charge in [0.05, 0.1) is 5.69 Å². The second kappa shape index (κ2) is 9.79. The molecule has 4 rings (SSSR count). The molecular formula is C23H38N6O3. The third-order valence-electron chi connectivity index (χ3n) is 6.45. The first kappa shape index (κ1) is 23.0. The van der Waals surface area contributed by atoms with Crippen LogP contribution in [0, 0.1) is 0 Å². The van der Waals surface area contributed by atoms with Crippen LogP contribution in [0.25, 0.3) is 0 Å². The van der Waals surface area contributed by atoms with Crippen molar-refractivity contribution in [3.63, 3.8) is 0 Å². The number of carbonyl (C=O) groups is 1. The number of hydrogen-bond donors (Lipinski definition) is 1. The number of anilines is 1. The van der Waals surface area contributed by atoms with Crippen LogP contribution in [0.15, 0.2) is 0 Å². The van der Waals surface area contributed by atoms with E-state index in [1.807, 2.05) is 20.8 Å². The number of aromatic nitrogens is 2. The van der Waals surface area contributed by atoms with Crippen molar-refractivity contribution in [2.24, 2.45) is 0 Å². The van der Waals surface area contributed by atoms with Gasteiger partial charge < -0.3 is 29.5 Å². The molecule has 178 valence electrons. The van der Waals surface area contributed by atoms with Gasteiger partial charge in [0.1, 0.15) is 18.0 Å². The van der Waals surface area contributed by atoms with Gasteiger partial charge in [0.2, 0.25) is 0 Å². The number of carbonyl (C=O) groups excluding carboxylic acids is 1. The topological polar surface area (TPSA) is 83.1 Å². The summed E-state index contributed by atoms with van der Waals surface area (Å²) in [6, 6.07) is 0.912. The Morgan fingerprint density at radius 2 is 1.84 bits per heavy atom. The molecule has 1 aromatic heterocycles. The molecule has 0 bridgehead atoms. The van der Waals surface area contributed by atoms with Crippen molar-refractivity contribution in [1.29, 1.82) is 0 Å². The van der Waals surface area contributed by atoms with E-state index in [-0.39, 0.29) is 6.09 Å². The zero-order chi connectivity index (χ0) is 22.7. The molecule has 0 aromatic carbocycles. The first-order valence-corrected chi connectivity index (χ1v) is 12.0. The highest BCUT2D eigenvalue weighted by Gasteiger charge is 2.29. The van der Waals surface area contributed by atoms with E-state index < -0.39 is 5.60 Å². The van der Waals surface area contributed by atoms with Crippen molar-refractivity contribution in [2.75, 3.05) is 64.4 Å². The van der Waals surface area contributed by atoms with Crippen LogP contribution >= 0.6 is 0 Å². The van der Waals surface area contributed by atoms with E-state index in [1.165, 1.54) is 12.0 Å². The zero-order valence-corrected chi connectivity index (χ0v) is 20.0. The predicted molar refractivity (Wildman–Crippen MR) is 123 cm³/mol. The van der Waals surface area contributed by atoms with Gasteiger partial charge in [-0.05, 0) is 60.2 Å². The minimum Gasteiger partial charge on any atom is -0.462 e. The van der Waals surface area contributed by atoms with Gasteiger partial charge in [-0.3, -0.25) is 0 Å². The number of likely N-dealkylation sites (tertiary alicyclic amines) is 1. The molecule has 0 saturated carbocycles. The lowest BCUT2D eigenvalue weighted by Crippen LogP contribution is -2.50. The minimum atomic E-state index is -0.481. The Morgan fingerprint density at radius 1 is 1.09 bits per heavy atom. The summed E-state index contributed by atoms with van der Waals surface area (Å²) in [6.45, 7) is 12.0. The molecule has 32 heavy (non-hydrogen) atoms. The standard InChI is InChI=1S/C23H38N6O3/c1-23(2,3)32-22(30)29-14-12-28(13-15-29)20-18-7-9-24-10-8-19(18)25-21(26-20)31-16-17-6-5-11-27(17)4/h17,24H,5-16H2,1-4H3/t17-/m0/s1. The molecule has 2 fully saturated rings. The third-order valence-corrected chi connectivity index (χ3v) is 6.45. The number of ether oxygens (including phenoxy) is 2. The molecule has 2 saturated heterocycles. The molecule has 0 spiro atoms. The summed E-state index contributed by atoms with van der Waals surface area (Å²) in [7, 11) is 2.15. The highest BCUT2D eigenvalue weighted by Crippen LogP contribution is 2.27. The summed E-state index contributed by atoms with van der Waals surface area (Å²) in [5.41, 5.74) is 1.82. The first-order valence-electron chi connectivity index (χ1n) is 12.0. The molecule has 9 nitrogen and oxygen atoms in total. The molecule has 3 aliphatic heterocycles. The highest BCUT2D eigenvalue weighted by molar-refractivity contribution is 5.68. The van der Waals surface area contributed by atoms with Gasteiger partial charge in [-0.2, -0.15) is 9.97 Å². The van der Waals surface area contributed by atoms with Gasteiger partial charge in [0.15, 0.2) is 0 Å². The van der Waals surface area contributed by atoms with E-state index in [9.17, 15) is 4.79 Å². The molecule has 0 aliphatic carbocycles. The van der Waals surface area contributed by atoms with Crippen LogP contribution in [0.4, 0.5) is 10.6 Å². The van der Waals surface area contributed by atoms with Crippen LogP contribution in [-0.2, 0) is 17.6 Å². The Morgan fingerprint density at radius 3 is 2.53 bits per heavy atom. The van der Waals surface area contributed by atoms with Gasteiger partial charge in [-0.15, -0.1) is 0 Å². The van der Waals surface area contributed by atoms with Gasteiger partial charge in [0, 0.05) is 50.7 Å². The van der Waals surface area contributed by atoms with Crippen LogP contribution in [0.2, 0.25) is 0 Å². The normalized spacial score (nSPS) is 22.4. The van der Waals surface area contributed by atoms with Crippen LogP contribution in [-0.4, -0.2) is 97.0 Å². The maximum Gasteiger partial charge on any atom is 0.410 e. The van der Waals surface area contributed by atoms with Crippen LogP contribution < -0.4 is 15.0 Å². The van der Waals surface area contributed by atoms with Crippen LogP contribution in [0.5, 0.6) is 6.01 Å². The minimum absolute atomic E-state index is 0.243. The van der Waals surface area contributed by atoms with Crippen molar-refractivity contribution in [2.45, 2.75) is 58.1 Å². The quantitative estimate of drug-likeness (QED) is 0.748. The smallest absolute Gasteiger partial charge is 0.410 e. The Bertz CT molecular complexity index is 804. The second-order valence-corrected chi connectivity index (χ2v) is 10.0. The molecule has 1 aromatic rings. The fourth-order valence-corrected chi connectivity index (χ4v) is 4.62. The summed E-state index contributed by atoms with van der Waals surface area (Å²) in [5.74, 6) is 0.970. The predicted octanol–water partition coefficient (Wildman–Crippen LogP) is 1.69. The first-order chi connectivity index (χ1) is 15.3. The van der Waals surface area contributed by atoms with Crippen LogP contribution in [0.3, 0.4) is 0 Å². The molecule has 1 atom stereocenters. The largest absolute Gasteiger partial charge is 0.462 e. The Balaban J connectivity index is 1.47. The number of piperazine rings is 1. The van der Waals surface area contributed by atoms with E-state index >= 15 is 0 Å². The van der Waals surface area contributed by atoms with E-state index in [0.717, 1.165) is 63.5 Å². The number of nitrogens with zero attached hydrogens (tertiary/aromatic N) is 5. The van der Waals surface area contributed by atoms with Crippen LogP contribution in [0.1, 0.15) is 44.9 Å². The van der Waals surface area contributed by atoms with Crippen molar-refractivity contribution in [1.82, 2.24) is 25.1 Å². The Labute approximate surface area is 191 Å². The number of likely N-dealkylation sites (N-methyl/N-ethyl adjacent to an activating group) is 1. The molecule has 3 aliphatic rings. The molecular weight excluding hydrogens is 408 g/mol. The van der Waals surface area contributed by atoms with E-state index in [4.69, 9.17) is 19.4 Å². The molecule has 9 heteroatoms.